The first-order valence-corrected chi connectivity index (χ1v) is 5.98. The van der Waals surface area contributed by atoms with E-state index in [1.165, 1.54) is 0 Å². The van der Waals surface area contributed by atoms with Gasteiger partial charge < -0.3 is 0 Å². The van der Waals surface area contributed by atoms with Gasteiger partial charge in [0.2, 0.25) is 0 Å². The van der Waals surface area contributed by atoms with E-state index in [0.29, 0.717) is 5.92 Å². The third-order valence-corrected chi connectivity index (χ3v) is 3.36. The van der Waals surface area contributed by atoms with Gasteiger partial charge in [0.15, 0.2) is 5.78 Å². The van der Waals surface area contributed by atoms with Gasteiger partial charge in [-0.1, -0.05) is 39.0 Å². The Labute approximate surface area is 102 Å². The maximum absolute atomic E-state index is 12.4. The summed E-state index contributed by atoms with van der Waals surface area (Å²) >= 11 is 0. The van der Waals surface area contributed by atoms with Crippen molar-refractivity contribution in [3.05, 3.63) is 42.2 Å². The molecule has 0 amide bonds. The normalized spacial score (nSPS) is 12.9. The number of pyridine rings is 1. The highest BCUT2D eigenvalue weighted by atomic mass is 16.1. The number of Topliss-reactive ketones (excluding diaryl/α,β-unsaturated/α-hetero) is 1. The number of hydrogen-bond acceptors (Lipinski definition) is 2. The molecule has 0 N–H and O–H groups in total. The van der Waals surface area contributed by atoms with Gasteiger partial charge in [0.25, 0.3) is 0 Å². The molecule has 0 aliphatic heterocycles. The van der Waals surface area contributed by atoms with Crippen LogP contribution in [0.25, 0.3) is 10.8 Å². The lowest BCUT2D eigenvalue weighted by Gasteiger charge is -2.15. The predicted molar refractivity (Wildman–Crippen MR) is 70.1 cm³/mol. The molecule has 88 valence electrons. The molecule has 0 aliphatic rings. The quantitative estimate of drug-likeness (QED) is 0.748. The molecule has 17 heavy (non-hydrogen) atoms. The molecule has 2 nitrogen and oxygen atoms in total. The van der Waals surface area contributed by atoms with E-state index in [1.807, 2.05) is 31.2 Å². The molecule has 1 unspecified atom stereocenters. The highest BCUT2D eigenvalue weighted by molar-refractivity contribution is 6.08. The predicted octanol–water partition coefficient (Wildman–Crippen LogP) is 3.71. The van der Waals surface area contributed by atoms with Gasteiger partial charge in [-0.15, -0.1) is 0 Å². The van der Waals surface area contributed by atoms with Crippen molar-refractivity contribution in [2.45, 2.75) is 20.8 Å². The van der Waals surface area contributed by atoms with E-state index in [1.54, 1.807) is 12.4 Å². The molecule has 1 atom stereocenters. The molecule has 2 rings (SSSR count). The Morgan fingerprint density at radius 2 is 1.94 bits per heavy atom. The zero-order valence-corrected chi connectivity index (χ0v) is 10.5. The molecular formula is C15H17NO. The van der Waals surface area contributed by atoms with Crippen LogP contribution in [0.5, 0.6) is 0 Å². The first-order valence-electron chi connectivity index (χ1n) is 5.98. The Kier molecular flexibility index (Phi) is 3.23. The number of carbonyl (C=O) groups excluding carboxylic acids is 1. The second-order valence-corrected chi connectivity index (χ2v) is 4.80. The molecule has 0 saturated carbocycles. The van der Waals surface area contributed by atoms with Crippen LogP contribution >= 0.6 is 0 Å². The van der Waals surface area contributed by atoms with Gasteiger partial charge in [-0.3, -0.25) is 9.78 Å². The maximum atomic E-state index is 12.4. The smallest absolute Gasteiger partial charge is 0.166 e. The van der Waals surface area contributed by atoms with Crippen LogP contribution in [0.4, 0.5) is 0 Å². The molecule has 1 aromatic heterocycles. The van der Waals surface area contributed by atoms with Crippen LogP contribution in [0.2, 0.25) is 0 Å². The van der Waals surface area contributed by atoms with Crippen molar-refractivity contribution in [2.75, 3.05) is 0 Å². The van der Waals surface area contributed by atoms with Crippen molar-refractivity contribution in [2.24, 2.45) is 11.8 Å². The van der Waals surface area contributed by atoms with Gasteiger partial charge in [0, 0.05) is 29.3 Å². The SMILES string of the molecule is CC(C)C(C)C(=O)c1cccc2ccncc12. The molecule has 1 heterocycles. The minimum absolute atomic E-state index is 0.0424. The summed E-state index contributed by atoms with van der Waals surface area (Å²) in [6.45, 7) is 6.14. The highest BCUT2D eigenvalue weighted by Crippen LogP contribution is 2.23. The highest BCUT2D eigenvalue weighted by Gasteiger charge is 2.19. The molecular weight excluding hydrogens is 210 g/mol. The van der Waals surface area contributed by atoms with Gasteiger partial charge in [-0.2, -0.15) is 0 Å². The number of nitrogens with zero attached hydrogens (tertiary/aromatic N) is 1. The average molecular weight is 227 g/mol. The second-order valence-electron chi connectivity index (χ2n) is 4.80. The van der Waals surface area contributed by atoms with Crippen LogP contribution in [-0.2, 0) is 0 Å². The molecule has 1 aromatic carbocycles. The molecule has 0 fully saturated rings. The minimum Gasteiger partial charge on any atom is -0.294 e. The van der Waals surface area contributed by atoms with Gasteiger partial charge >= 0.3 is 0 Å². The number of ketones is 1. The zero-order chi connectivity index (χ0) is 12.4. The van der Waals surface area contributed by atoms with Crippen LogP contribution < -0.4 is 0 Å². The van der Waals surface area contributed by atoms with Gasteiger partial charge in [-0.05, 0) is 17.4 Å². The maximum Gasteiger partial charge on any atom is 0.166 e. The van der Waals surface area contributed by atoms with Crippen LogP contribution in [0.3, 0.4) is 0 Å². The summed E-state index contributed by atoms with van der Waals surface area (Å²) in [6, 6.07) is 7.77. The van der Waals surface area contributed by atoms with Gasteiger partial charge in [-0.25, -0.2) is 0 Å². The fraction of sp³-hybridized carbons (Fsp3) is 0.333. The van der Waals surface area contributed by atoms with Crippen LogP contribution in [-0.4, -0.2) is 10.8 Å². The standard InChI is InChI=1S/C15H17NO/c1-10(2)11(3)15(17)13-6-4-5-12-7-8-16-9-14(12)13/h4-11H,1-3H3. The molecule has 0 spiro atoms. The Morgan fingerprint density at radius 3 is 2.65 bits per heavy atom. The van der Waals surface area contributed by atoms with Crippen molar-refractivity contribution in [1.29, 1.82) is 0 Å². The van der Waals surface area contributed by atoms with Crippen molar-refractivity contribution in [1.82, 2.24) is 4.98 Å². The summed E-state index contributed by atoms with van der Waals surface area (Å²) in [7, 11) is 0. The third-order valence-electron chi connectivity index (χ3n) is 3.36. The lowest BCUT2D eigenvalue weighted by atomic mass is 9.88. The zero-order valence-electron chi connectivity index (χ0n) is 10.5. The number of hydrogen-bond donors (Lipinski definition) is 0. The summed E-state index contributed by atoms with van der Waals surface area (Å²) in [6.07, 6.45) is 3.53. The molecule has 0 bridgehead atoms. The number of aromatic nitrogens is 1. The largest absolute Gasteiger partial charge is 0.294 e. The molecule has 2 aromatic rings. The van der Waals surface area contributed by atoms with Crippen LogP contribution in [0.1, 0.15) is 31.1 Å². The summed E-state index contributed by atoms with van der Waals surface area (Å²) in [5.41, 5.74) is 0.789. The monoisotopic (exact) mass is 227 g/mol. The molecule has 0 saturated heterocycles. The summed E-state index contributed by atoms with van der Waals surface area (Å²) < 4.78 is 0. The van der Waals surface area contributed by atoms with Gasteiger partial charge in [0.05, 0.1) is 0 Å². The first-order chi connectivity index (χ1) is 8.11. The van der Waals surface area contributed by atoms with E-state index in [9.17, 15) is 4.79 Å². The number of carbonyl (C=O) groups is 1. The van der Waals surface area contributed by atoms with Crippen molar-refractivity contribution in [3.8, 4) is 0 Å². The number of benzene rings is 1. The lowest BCUT2D eigenvalue weighted by molar-refractivity contribution is 0.0901. The summed E-state index contributed by atoms with van der Waals surface area (Å²) in [5.74, 6) is 0.605. The second kappa shape index (κ2) is 4.66. The Bertz CT molecular complexity index is 540. The van der Waals surface area contributed by atoms with Crippen molar-refractivity contribution in [3.63, 3.8) is 0 Å². The van der Waals surface area contributed by atoms with Crippen LogP contribution in [0, 0.1) is 11.8 Å². The van der Waals surface area contributed by atoms with E-state index in [4.69, 9.17) is 0 Å². The van der Waals surface area contributed by atoms with E-state index in [0.717, 1.165) is 16.3 Å². The Balaban J connectivity index is 2.52. The van der Waals surface area contributed by atoms with E-state index < -0.39 is 0 Å². The third kappa shape index (κ3) is 2.21. The topological polar surface area (TPSA) is 30.0 Å². The molecule has 0 aliphatic carbocycles. The Morgan fingerprint density at radius 1 is 1.18 bits per heavy atom. The van der Waals surface area contributed by atoms with Crippen molar-refractivity contribution >= 4 is 16.6 Å². The Hall–Kier alpha value is -1.70. The molecule has 0 radical (unpaired) electrons. The van der Waals surface area contributed by atoms with Crippen molar-refractivity contribution < 1.29 is 4.79 Å². The lowest BCUT2D eigenvalue weighted by Crippen LogP contribution is -2.17. The number of rotatable bonds is 3. The minimum atomic E-state index is 0.0424. The fourth-order valence-corrected chi connectivity index (χ4v) is 1.88. The number of fused-ring (bicyclic) bond motifs is 1. The first kappa shape index (κ1) is 11.8. The molecule has 2 heteroatoms. The van der Waals surface area contributed by atoms with E-state index >= 15 is 0 Å². The van der Waals surface area contributed by atoms with Crippen LogP contribution in [0.15, 0.2) is 36.7 Å². The summed E-state index contributed by atoms with van der Waals surface area (Å²) in [4.78, 5) is 16.5. The van der Waals surface area contributed by atoms with E-state index in [2.05, 4.69) is 18.8 Å². The van der Waals surface area contributed by atoms with Gasteiger partial charge in [0.1, 0.15) is 0 Å². The average Bonchev–Trinajstić information content (AvgIpc) is 2.36. The summed E-state index contributed by atoms with van der Waals surface area (Å²) in [5, 5.41) is 2.02. The fourth-order valence-electron chi connectivity index (χ4n) is 1.88. The van der Waals surface area contributed by atoms with E-state index in [-0.39, 0.29) is 11.7 Å².